The molecule has 0 atom stereocenters. The standard InChI is InChI=1S/C16H11F5N4O4/c17-14(18)9-6-8(26)4-5-12(9)28-7-10-11(25-15(27)22-23-24-25)2-1-3-13(10)29-16(19,20)21/h1-6,14,26H,7H2,(H,22,24,27). The predicted octanol–water partition coefficient (Wildman–Crippen LogP) is 3.08. The highest BCUT2D eigenvalue weighted by molar-refractivity contribution is 5.49. The van der Waals surface area contributed by atoms with Crippen LogP contribution in [0.2, 0.25) is 0 Å². The lowest BCUT2D eigenvalue weighted by Gasteiger charge is -2.17. The van der Waals surface area contributed by atoms with E-state index >= 15 is 0 Å². The molecule has 3 rings (SSSR count). The van der Waals surface area contributed by atoms with Gasteiger partial charge in [-0.3, -0.25) is 0 Å². The van der Waals surface area contributed by atoms with E-state index in [-0.39, 0.29) is 17.0 Å². The van der Waals surface area contributed by atoms with Crippen LogP contribution in [0.15, 0.2) is 41.2 Å². The molecular formula is C16H11F5N4O4. The molecule has 0 fully saturated rings. The van der Waals surface area contributed by atoms with Gasteiger partial charge in [0.15, 0.2) is 0 Å². The first-order chi connectivity index (χ1) is 13.7. The number of aromatic amines is 1. The lowest BCUT2D eigenvalue weighted by molar-refractivity contribution is -0.275. The number of hydrogen-bond donors (Lipinski definition) is 2. The van der Waals surface area contributed by atoms with Gasteiger partial charge in [-0.2, -0.15) is 4.68 Å². The van der Waals surface area contributed by atoms with E-state index < -0.39 is 42.1 Å². The largest absolute Gasteiger partial charge is 0.573 e. The van der Waals surface area contributed by atoms with Crippen LogP contribution in [0.25, 0.3) is 5.69 Å². The number of hydrogen-bond acceptors (Lipinski definition) is 6. The molecule has 0 aliphatic rings. The molecule has 8 nitrogen and oxygen atoms in total. The van der Waals surface area contributed by atoms with Gasteiger partial charge in [0, 0.05) is 0 Å². The summed E-state index contributed by atoms with van der Waals surface area (Å²) >= 11 is 0. The van der Waals surface area contributed by atoms with Gasteiger partial charge in [-0.05, 0) is 40.8 Å². The molecule has 0 radical (unpaired) electrons. The van der Waals surface area contributed by atoms with Gasteiger partial charge >= 0.3 is 12.1 Å². The van der Waals surface area contributed by atoms with Crippen LogP contribution >= 0.6 is 0 Å². The minimum Gasteiger partial charge on any atom is -0.508 e. The van der Waals surface area contributed by atoms with Crippen molar-refractivity contribution in [3.63, 3.8) is 0 Å². The molecule has 0 bridgehead atoms. The molecule has 13 heteroatoms. The summed E-state index contributed by atoms with van der Waals surface area (Å²) in [6, 6.07) is 6.25. The third kappa shape index (κ3) is 4.62. The van der Waals surface area contributed by atoms with E-state index in [0.29, 0.717) is 4.68 Å². The number of benzene rings is 2. The highest BCUT2D eigenvalue weighted by Gasteiger charge is 2.33. The molecule has 2 aromatic carbocycles. The summed E-state index contributed by atoms with van der Waals surface area (Å²) < 4.78 is 74.5. The van der Waals surface area contributed by atoms with Crippen LogP contribution in [-0.2, 0) is 6.61 Å². The Bertz CT molecular complexity index is 1060. The minimum atomic E-state index is -5.06. The van der Waals surface area contributed by atoms with Crippen molar-refractivity contribution >= 4 is 0 Å². The van der Waals surface area contributed by atoms with Crippen molar-refractivity contribution in [3.05, 3.63) is 58.0 Å². The predicted molar refractivity (Wildman–Crippen MR) is 86.1 cm³/mol. The van der Waals surface area contributed by atoms with Crippen LogP contribution in [0.5, 0.6) is 17.2 Å². The number of tetrazole rings is 1. The lowest BCUT2D eigenvalue weighted by atomic mass is 10.1. The molecule has 0 amide bonds. The van der Waals surface area contributed by atoms with Gasteiger partial charge in [0.05, 0.1) is 16.8 Å². The Morgan fingerprint density at radius 1 is 1.17 bits per heavy atom. The maximum Gasteiger partial charge on any atom is 0.573 e. The van der Waals surface area contributed by atoms with Crippen molar-refractivity contribution in [2.24, 2.45) is 0 Å². The first kappa shape index (κ1) is 20.1. The van der Waals surface area contributed by atoms with E-state index in [1.807, 2.05) is 5.10 Å². The average molecular weight is 418 g/mol. The number of H-pyrrole nitrogens is 1. The maximum absolute atomic E-state index is 13.2. The van der Waals surface area contributed by atoms with Gasteiger partial charge in [0.2, 0.25) is 0 Å². The van der Waals surface area contributed by atoms with E-state index in [1.54, 1.807) is 0 Å². The minimum absolute atomic E-state index is 0.164. The van der Waals surface area contributed by atoms with Crippen LogP contribution in [0.3, 0.4) is 0 Å². The number of rotatable bonds is 6. The van der Waals surface area contributed by atoms with E-state index in [0.717, 1.165) is 24.3 Å². The molecule has 2 N–H and O–H groups in total. The van der Waals surface area contributed by atoms with Crippen molar-refractivity contribution < 1.29 is 36.5 Å². The molecule has 154 valence electrons. The molecular weight excluding hydrogens is 407 g/mol. The van der Waals surface area contributed by atoms with Crippen LogP contribution < -0.4 is 15.2 Å². The Hall–Kier alpha value is -3.64. The van der Waals surface area contributed by atoms with Gasteiger partial charge in [-0.1, -0.05) is 6.07 Å². The van der Waals surface area contributed by atoms with Crippen molar-refractivity contribution in [1.82, 2.24) is 20.2 Å². The molecule has 29 heavy (non-hydrogen) atoms. The van der Waals surface area contributed by atoms with E-state index in [2.05, 4.69) is 15.2 Å². The average Bonchev–Trinajstić information content (AvgIpc) is 3.05. The zero-order chi connectivity index (χ0) is 21.2. The summed E-state index contributed by atoms with van der Waals surface area (Å²) in [5.41, 5.74) is -1.98. The molecule has 0 saturated heterocycles. The van der Waals surface area contributed by atoms with Crippen LogP contribution in [0, 0.1) is 0 Å². The number of aromatic nitrogens is 4. The smallest absolute Gasteiger partial charge is 0.508 e. The van der Waals surface area contributed by atoms with E-state index in [9.17, 15) is 31.9 Å². The molecule has 0 aliphatic heterocycles. The highest BCUT2D eigenvalue weighted by Crippen LogP contribution is 2.35. The maximum atomic E-state index is 13.2. The van der Waals surface area contributed by atoms with Gasteiger partial charge in [-0.25, -0.2) is 18.7 Å². The SMILES string of the molecule is O=c1[nH]nnn1-c1cccc(OC(F)(F)F)c1COc1ccc(O)cc1C(F)F. The number of aromatic hydroxyl groups is 1. The first-order valence-corrected chi connectivity index (χ1v) is 7.78. The summed E-state index contributed by atoms with van der Waals surface area (Å²) in [5, 5.41) is 18.0. The summed E-state index contributed by atoms with van der Waals surface area (Å²) in [6.07, 6.45) is -8.08. The zero-order valence-electron chi connectivity index (χ0n) is 14.2. The second-order valence-electron chi connectivity index (χ2n) is 5.53. The van der Waals surface area contributed by atoms with Crippen LogP contribution in [0.4, 0.5) is 22.0 Å². The Labute approximate surface area is 158 Å². The van der Waals surface area contributed by atoms with E-state index in [4.69, 9.17) is 4.74 Å². The lowest BCUT2D eigenvalue weighted by Crippen LogP contribution is -2.22. The summed E-state index contributed by atoms with van der Waals surface area (Å²) in [6.45, 7) is -0.689. The number of phenols is 1. The number of halogens is 5. The highest BCUT2D eigenvalue weighted by atomic mass is 19.4. The molecule has 0 unspecified atom stereocenters. The van der Waals surface area contributed by atoms with Crippen molar-refractivity contribution in [3.8, 4) is 22.9 Å². The first-order valence-electron chi connectivity index (χ1n) is 7.78. The third-order valence-corrected chi connectivity index (χ3v) is 3.63. The molecule has 1 aromatic heterocycles. The summed E-state index contributed by atoms with van der Waals surface area (Å²) in [4.78, 5) is 11.8. The number of phenolic OH excluding ortho intramolecular Hbond substituents is 1. The topological polar surface area (TPSA) is 102 Å². The van der Waals surface area contributed by atoms with Crippen molar-refractivity contribution in [2.45, 2.75) is 19.4 Å². The summed E-state index contributed by atoms with van der Waals surface area (Å²) in [5.74, 6) is -1.54. The monoisotopic (exact) mass is 418 g/mol. The van der Waals surface area contributed by atoms with Gasteiger partial charge < -0.3 is 14.6 Å². The van der Waals surface area contributed by atoms with Gasteiger partial charge in [0.1, 0.15) is 23.9 Å². The van der Waals surface area contributed by atoms with Gasteiger partial charge in [0.25, 0.3) is 6.43 Å². The Balaban J connectivity index is 2.03. The number of ether oxygens (including phenoxy) is 2. The fraction of sp³-hybridized carbons (Fsp3) is 0.188. The molecule has 0 saturated carbocycles. The number of nitrogens with one attached hydrogen (secondary N) is 1. The molecule has 3 aromatic rings. The van der Waals surface area contributed by atoms with Crippen molar-refractivity contribution in [2.75, 3.05) is 0 Å². The molecule has 0 spiro atoms. The van der Waals surface area contributed by atoms with Gasteiger partial charge in [-0.15, -0.1) is 13.2 Å². The van der Waals surface area contributed by atoms with Crippen molar-refractivity contribution in [1.29, 1.82) is 0 Å². The van der Waals surface area contributed by atoms with E-state index in [1.165, 1.54) is 12.1 Å². The molecule has 0 aliphatic carbocycles. The Morgan fingerprint density at radius 2 is 1.93 bits per heavy atom. The van der Waals surface area contributed by atoms with Crippen LogP contribution in [0.1, 0.15) is 17.6 Å². The quantitative estimate of drug-likeness (QED) is 0.597. The Morgan fingerprint density at radius 3 is 2.55 bits per heavy atom. The number of nitrogens with zero attached hydrogens (tertiary/aromatic N) is 3. The summed E-state index contributed by atoms with van der Waals surface area (Å²) in [7, 11) is 0. The zero-order valence-corrected chi connectivity index (χ0v) is 14.2. The third-order valence-electron chi connectivity index (χ3n) is 3.63. The fourth-order valence-corrected chi connectivity index (χ4v) is 2.46. The number of alkyl halides is 5. The Kier molecular flexibility index (Phi) is 5.39. The second-order valence-corrected chi connectivity index (χ2v) is 5.53. The fourth-order valence-electron chi connectivity index (χ4n) is 2.46. The van der Waals surface area contributed by atoms with Crippen LogP contribution in [-0.4, -0.2) is 31.7 Å². The second kappa shape index (κ2) is 7.77. The normalized spacial score (nSPS) is 11.7. The molecule has 1 heterocycles.